The first-order valence-electron chi connectivity index (χ1n) is 10.1. The third kappa shape index (κ3) is 3.22. The number of nitrogens with zero attached hydrogens (tertiary/aromatic N) is 3. The Hall–Kier alpha value is -2.37. The van der Waals surface area contributed by atoms with Crippen LogP contribution in [-0.4, -0.2) is 58.2 Å². The Morgan fingerprint density at radius 2 is 1.74 bits per heavy atom. The standard InChI is InChI=1S/C21H27N3O3/c1-15(16-8-4-2-5-9-16)24-20(26)18-14-22(12-13-23(18)21(24)27)19(25)17-10-6-3-7-11-17/h2,4-5,8-9,15,17-18H,3,6-7,10-14H2,1H3/t15-,18-/m0/s1. The third-order valence-corrected chi connectivity index (χ3v) is 6.29. The molecule has 3 fully saturated rings. The molecule has 6 nitrogen and oxygen atoms in total. The second kappa shape index (κ2) is 7.33. The van der Waals surface area contributed by atoms with Gasteiger partial charge in [-0.15, -0.1) is 0 Å². The molecule has 0 N–H and O–H groups in total. The van der Waals surface area contributed by atoms with Crippen molar-refractivity contribution in [1.82, 2.24) is 14.7 Å². The molecule has 4 amide bonds. The van der Waals surface area contributed by atoms with Crippen LogP contribution in [0.2, 0.25) is 0 Å². The summed E-state index contributed by atoms with van der Waals surface area (Å²) in [6.07, 6.45) is 5.33. The van der Waals surface area contributed by atoms with Crippen LogP contribution in [0.5, 0.6) is 0 Å². The van der Waals surface area contributed by atoms with Gasteiger partial charge in [0.15, 0.2) is 0 Å². The molecule has 2 heterocycles. The first-order valence-corrected chi connectivity index (χ1v) is 10.1. The molecule has 1 aromatic carbocycles. The van der Waals surface area contributed by atoms with Crippen molar-refractivity contribution in [2.24, 2.45) is 5.92 Å². The number of amides is 4. The Morgan fingerprint density at radius 3 is 2.44 bits per heavy atom. The fourth-order valence-electron chi connectivity index (χ4n) is 4.66. The van der Waals surface area contributed by atoms with Gasteiger partial charge in [0, 0.05) is 19.0 Å². The molecule has 0 aromatic heterocycles. The van der Waals surface area contributed by atoms with E-state index in [1.165, 1.54) is 11.3 Å². The summed E-state index contributed by atoms with van der Waals surface area (Å²) in [5, 5.41) is 0. The Balaban J connectivity index is 1.48. The van der Waals surface area contributed by atoms with Crippen LogP contribution in [0.25, 0.3) is 0 Å². The number of hydrogen-bond donors (Lipinski definition) is 0. The van der Waals surface area contributed by atoms with Crippen LogP contribution in [0.4, 0.5) is 4.79 Å². The van der Waals surface area contributed by atoms with Gasteiger partial charge in [0.05, 0.1) is 12.6 Å². The van der Waals surface area contributed by atoms with Gasteiger partial charge >= 0.3 is 6.03 Å². The van der Waals surface area contributed by atoms with Gasteiger partial charge in [-0.1, -0.05) is 49.6 Å². The number of fused-ring (bicyclic) bond motifs is 1. The summed E-state index contributed by atoms with van der Waals surface area (Å²) in [4.78, 5) is 43.6. The molecule has 1 aliphatic carbocycles. The lowest BCUT2D eigenvalue weighted by Crippen LogP contribution is -2.55. The lowest BCUT2D eigenvalue weighted by Gasteiger charge is -2.37. The third-order valence-electron chi connectivity index (χ3n) is 6.29. The number of piperazine rings is 1. The van der Waals surface area contributed by atoms with Crippen LogP contribution in [0.3, 0.4) is 0 Å². The van der Waals surface area contributed by atoms with Gasteiger partial charge in [0.25, 0.3) is 5.91 Å². The number of rotatable bonds is 3. The molecule has 0 radical (unpaired) electrons. The highest BCUT2D eigenvalue weighted by molar-refractivity contribution is 6.05. The molecule has 2 atom stereocenters. The van der Waals surface area contributed by atoms with Crippen molar-refractivity contribution in [3.63, 3.8) is 0 Å². The minimum absolute atomic E-state index is 0.0943. The van der Waals surface area contributed by atoms with E-state index in [1.54, 1.807) is 4.90 Å². The smallest absolute Gasteiger partial charge is 0.328 e. The topological polar surface area (TPSA) is 60.9 Å². The molecule has 0 spiro atoms. The van der Waals surface area contributed by atoms with Crippen molar-refractivity contribution >= 4 is 17.8 Å². The van der Waals surface area contributed by atoms with Crippen LogP contribution in [-0.2, 0) is 9.59 Å². The Labute approximate surface area is 160 Å². The first kappa shape index (κ1) is 18.0. The molecule has 4 rings (SSSR count). The van der Waals surface area contributed by atoms with E-state index in [9.17, 15) is 14.4 Å². The molecule has 3 aliphatic rings. The highest BCUT2D eigenvalue weighted by Crippen LogP contribution is 2.32. The zero-order chi connectivity index (χ0) is 19.0. The van der Waals surface area contributed by atoms with Crippen molar-refractivity contribution in [3.8, 4) is 0 Å². The number of carbonyl (C=O) groups is 3. The predicted molar refractivity (Wildman–Crippen MR) is 101 cm³/mol. The van der Waals surface area contributed by atoms with Crippen molar-refractivity contribution in [3.05, 3.63) is 35.9 Å². The van der Waals surface area contributed by atoms with Crippen molar-refractivity contribution in [2.75, 3.05) is 19.6 Å². The molecule has 144 valence electrons. The maximum Gasteiger partial charge on any atom is 0.328 e. The van der Waals surface area contributed by atoms with Crippen LogP contribution < -0.4 is 0 Å². The summed E-state index contributed by atoms with van der Waals surface area (Å²) in [7, 11) is 0. The molecule has 0 bridgehead atoms. The average molecular weight is 369 g/mol. The van der Waals surface area contributed by atoms with E-state index in [2.05, 4.69) is 0 Å². The Kier molecular flexibility index (Phi) is 4.89. The van der Waals surface area contributed by atoms with E-state index < -0.39 is 6.04 Å². The summed E-state index contributed by atoms with van der Waals surface area (Å²) >= 11 is 0. The summed E-state index contributed by atoms with van der Waals surface area (Å²) in [6.45, 7) is 3.18. The Morgan fingerprint density at radius 1 is 1.04 bits per heavy atom. The second-order valence-electron chi connectivity index (χ2n) is 7.91. The molecule has 2 saturated heterocycles. The molecule has 6 heteroatoms. The minimum Gasteiger partial charge on any atom is -0.338 e. The van der Waals surface area contributed by atoms with Crippen LogP contribution in [0.1, 0.15) is 50.6 Å². The Bertz CT molecular complexity index is 729. The van der Waals surface area contributed by atoms with Gasteiger partial charge in [0.1, 0.15) is 6.04 Å². The zero-order valence-electron chi connectivity index (χ0n) is 15.8. The van der Waals surface area contributed by atoms with Crippen molar-refractivity contribution in [1.29, 1.82) is 0 Å². The monoisotopic (exact) mass is 369 g/mol. The molecule has 1 aromatic rings. The van der Waals surface area contributed by atoms with Gasteiger partial charge < -0.3 is 9.80 Å². The molecular formula is C21H27N3O3. The summed E-state index contributed by atoms with van der Waals surface area (Å²) < 4.78 is 0. The lowest BCUT2D eigenvalue weighted by molar-refractivity contribution is -0.140. The number of benzene rings is 1. The van der Waals surface area contributed by atoms with E-state index in [-0.39, 0.29) is 29.8 Å². The van der Waals surface area contributed by atoms with E-state index >= 15 is 0 Å². The predicted octanol–water partition coefficient (Wildman–Crippen LogP) is 2.80. The highest BCUT2D eigenvalue weighted by Gasteiger charge is 2.50. The second-order valence-corrected chi connectivity index (χ2v) is 7.91. The first-order chi connectivity index (χ1) is 13.1. The van der Waals surface area contributed by atoms with E-state index in [4.69, 9.17) is 0 Å². The van der Waals surface area contributed by atoms with Gasteiger partial charge in [-0.2, -0.15) is 0 Å². The van der Waals surface area contributed by atoms with E-state index in [0.29, 0.717) is 19.6 Å². The van der Waals surface area contributed by atoms with Crippen molar-refractivity contribution in [2.45, 2.75) is 51.1 Å². The zero-order valence-corrected chi connectivity index (χ0v) is 15.8. The molecular weight excluding hydrogens is 342 g/mol. The SMILES string of the molecule is C[C@@H](c1ccccc1)N1C(=O)[C@@H]2CN(C(=O)C3CCCCC3)CCN2C1=O. The summed E-state index contributed by atoms with van der Waals surface area (Å²) in [5.74, 6) is 0.0820. The van der Waals surface area contributed by atoms with E-state index in [0.717, 1.165) is 31.2 Å². The maximum absolute atomic E-state index is 13.0. The molecule has 2 aliphatic heterocycles. The van der Waals surface area contributed by atoms with Gasteiger partial charge in [0.2, 0.25) is 5.91 Å². The number of imide groups is 1. The van der Waals surface area contributed by atoms with Crippen LogP contribution >= 0.6 is 0 Å². The highest BCUT2D eigenvalue weighted by atomic mass is 16.2. The normalized spacial score (nSPS) is 24.9. The average Bonchev–Trinajstić information content (AvgIpc) is 2.98. The summed E-state index contributed by atoms with van der Waals surface area (Å²) in [5.41, 5.74) is 0.939. The fraction of sp³-hybridized carbons (Fsp3) is 0.571. The fourth-order valence-corrected chi connectivity index (χ4v) is 4.66. The van der Waals surface area contributed by atoms with Crippen molar-refractivity contribution < 1.29 is 14.4 Å². The van der Waals surface area contributed by atoms with Crippen LogP contribution in [0.15, 0.2) is 30.3 Å². The number of urea groups is 1. The minimum atomic E-state index is -0.537. The maximum atomic E-state index is 13.0. The van der Waals surface area contributed by atoms with Gasteiger partial charge in [-0.25, -0.2) is 4.79 Å². The number of hydrogen-bond acceptors (Lipinski definition) is 3. The molecule has 1 saturated carbocycles. The summed E-state index contributed by atoms with van der Waals surface area (Å²) in [6, 6.07) is 8.53. The quantitative estimate of drug-likeness (QED) is 0.770. The van der Waals surface area contributed by atoms with Crippen LogP contribution in [0, 0.1) is 5.92 Å². The molecule has 27 heavy (non-hydrogen) atoms. The lowest BCUT2D eigenvalue weighted by atomic mass is 9.88. The van der Waals surface area contributed by atoms with Gasteiger partial charge in [-0.05, 0) is 25.3 Å². The number of carbonyl (C=O) groups excluding carboxylic acids is 3. The van der Waals surface area contributed by atoms with Gasteiger partial charge in [-0.3, -0.25) is 14.5 Å². The molecule has 0 unspecified atom stereocenters. The largest absolute Gasteiger partial charge is 0.338 e. The van der Waals surface area contributed by atoms with E-state index in [1.807, 2.05) is 42.2 Å².